The van der Waals surface area contributed by atoms with Gasteiger partial charge in [-0.2, -0.15) is 0 Å². The molecule has 0 heterocycles. The first-order chi connectivity index (χ1) is 5.43. The minimum Gasteiger partial charge on any atom is -0.316 e. The van der Waals surface area contributed by atoms with Gasteiger partial charge < -0.3 is 5.32 Å². The highest BCUT2D eigenvalue weighted by atomic mass is 14.9. The maximum atomic E-state index is 3.51. The van der Waals surface area contributed by atoms with Gasteiger partial charge in [0, 0.05) is 0 Å². The standard InChI is InChI=1S/C10H21N/c1-2-3-4-5-8-11-9-10-6-7-10/h10-11H,2-9H2,1H3. The zero-order valence-electron chi connectivity index (χ0n) is 7.73. The zero-order valence-corrected chi connectivity index (χ0v) is 7.73. The van der Waals surface area contributed by atoms with Crippen molar-refractivity contribution in [2.24, 2.45) is 5.92 Å². The molecule has 66 valence electrons. The molecule has 1 aliphatic rings. The molecule has 0 aromatic carbocycles. The van der Waals surface area contributed by atoms with Gasteiger partial charge >= 0.3 is 0 Å². The highest BCUT2D eigenvalue weighted by molar-refractivity contribution is 4.74. The van der Waals surface area contributed by atoms with Crippen molar-refractivity contribution in [1.29, 1.82) is 0 Å². The Morgan fingerprint density at radius 1 is 1.18 bits per heavy atom. The van der Waals surface area contributed by atoms with E-state index in [0.717, 1.165) is 5.92 Å². The zero-order chi connectivity index (χ0) is 7.94. The van der Waals surface area contributed by atoms with Crippen LogP contribution in [0, 0.1) is 5.92 Å². The summed E-state index contributed by atoms with van der Waals surface area (Å²) >= 11 is 0. The molecule has 0 atom stereocenters. The predicted octanol–water partition coefficient (Wildman–Crippen LogP) is 2.57. The average molecular weight is 155 g/mol. The van der Waals surface area contributed by atoms with Crippen LogP contribution in [-0.4, -0.2) is 13.1 Å². The van der Waals surface area contributed by atoms with Crippen molar-refractivity contribution in [1.82, 2.24) is 5.32 Å². The van der Waals surface area contributed by atoms with Crippen molar-refractivity contribution in [3.05, 3.63) is 0 Å². The molecule has 1 saturated carbocycles. The van der Waals surface area contributed by atoms with Gasteiger partial charge in [0.2, 0.25) is 0 Å². The smallest absolute Gasteiger partial charge is 0.00205 e. The SMILES string of the molecule is CCCCCCNCC1CC1. The molecule has 1 rings (SSSR count). The second-order valence-electron chi connectivity index (χ2n) is 3.71. The molecule has 11 heavy (non-hydrogen) atoms. The molecule has 1 fully saturated rings. The van der Waals surface area contributed by atoms with Crippen LogP contribution in [0.3, 0.4) is 0 Å². The lowest BCUT2D eigenvalue weighted by Gasteiger charge is -2.01. The van der Waals surface area contributed by atoms with E-state index in [4.69, 9.17) is 0 Å². The van der Waals surface area contributed by atoms with Crippen LogP contribution in [0.15, 0.2) is 0 Å². The van der Waals surface area contributed by atoms with Crippen LogP contribution >= 0.6 is 0 Å². The van der Waals surface area contributed by atoms with Crippen LogP contribution in [0.2, 0.25) is 0 Å². The third-order valence-corrected chi connectivity index (χ3v) is 2.34. The molecule has 0 amide bonds. The summed E-state index contributed by atoms with van der Waals surface area (Å²) in [5.41, 5.74) is 0. The van der Waals surface area contributed by atoms with Crippen molar-refractivity contribution in [3.63, 3.8) is 0 Å². The Balaban J connectivity index is 1.66. The predicted molar refractivity (Wildman–Crippen MR) is 49.7 cm³/mol. The first-order valence-corrected chi connectivity index (χ1v) is 5.14. The Kier molecular flexibility index (Phi) is 4.60. The minimum atomic E-state index is 1.04. The van der Waals surface area contributed by atoms with Gasteiger partial charge in [0.25, 0.3) is 0 Å². The van der Waals surface area contributed by atoms with Crippen LogP contribution in [0.25, 0.3) is 0 Å². The van der Waals surface area contributed by atoms with Gasteiger partial charge in [0.15, 0.2) is 0 Å². The summed E-state index contributed by atoms with van der Waals surface area (Å²) in [5, 5.41) is 3.51. The Hall–Kier alpha value is -0.0400. The fourth-order valence-corrected chi connectivity index (χ4v) is 1.30. The molecule has 0 aromatic heterocycles. The summed E-state index contributed by atoms with van der Waals surface area (Å²) in [6.45, 7) is 4.79. The lowest BCUT2D eigenvalue weighted by Crippen LogP contribution is -2.17. The van der Waals surface area contributed by atoms with E-state index in [1.165, 1.54) is 51.6 Å². The largest absolute Gasteiger partial charge is 0.316 e. The Morgan fingerprint density at radius 3 is 2.64 bits per heavy atom. The molecule has 1 heteroatoms. The van der Waals surface area contributed by atoms with E-state index in [9.17, 15) is 0 Å². The van der Waals surface area contributed by atoms with E-state index in [1.807, 2.05) is 0 Å². The van der Waals surface area contributed by atoms with Crippen molar-refractivity contribution < 1.29 is 0 Å². The molecule has 1 N–H and O–H groups in total. The Bertz CT molecular complexity index is 86.9. The first kappa shape index (κ1) is 9.05. The van der Waals surface area contributed by atoms with E-state index in [-0.39, 0.29) is 0 Å². The topological polar surface area (TPSA) is 12.0 Å². The third kappa shape index (κ3) is 5.25. The number of nitrogens with one attached hydrogen (secondary N) is 1. The quantitative estimate of drug-likeness (QED) is 0.557. The monoisotopic (exact) mass is 155 g/mol. The lowest BCUT2D eigenvalue weighted by molar-refractivity contribution is 0.579. The Morgan fingerprint density at radius 2 is 2.00 bits per heavy atom. The molecule has 0 aromatic rings. The molecular weight excluding hydrogens is 134 g/mol. The van der Waals surface area contributed by atoms with Crippen molar-refractivity contribution >= 4 is 0 Å². The minimum absolute atomic E-state index is 1.04. The van der Waals surface area contributed by atoms with E-state index in [2.05, 4.69) is 12.2 Å². The Labute approximate surface area is 70.6 Å². The van der Waals surface area contributed by atoms with Gasteiger partial charge in [-0.15, -0.1) is 0 Å². The van der Waals surface area contributed by atoms with Gasteiger partial charge in [-0.1, -0.05) is 26.2 Å². The van der Waals surface area contributed by atoms with Crippen LogP contribution in [-0.2, 0) is 0 Å². The summed E-state index contributed by atoms with van der Waals surface area (Å²) in [6, 6.07) is 0. The number of hydrogen-bond acceptors (Lipinski definition) is 1. The highest BCUT2D eigenvalue weighted by Crippen LogP contribution is 2.27. The third-order valence-electron chi connectivity index (χ3n) is 2.34. The second kappa shape index (κ2) is 5.59. The van der Waals surface area contributed by atoms with Crippen LogP contribution in [0.5, 0.6) is 0 Å². The van der Waals surface area contributed by atoms with E-state index < -0.39 is 0 Å². The maximum absolute atomic E-state index is 3.51. The molecule has 0 aliphatic heterocycles. The molecule has 1 aliphatic carbocycles. The maximum Gasteiger partial charge on any atom is -0.00205 e. The fraction of sp³-hybridized carbons (Fsp3) is 1.00. The fourth-order valence-electron chi connectivity index (χ4n) is 1.30. The molecule has 0 unspecified atom stereocenters. The van der Waals surface area contributed by atoms with Gasteiger partial charge in [-0.3, -0.25) is 0 Å². The average Bonchev–Trinajstić information content (AvgIpc) is 2.80. The number of unbranched alkanes of at least 4 members (excludes halogenated alkanes) is 3. The molecule has 0 radical (unpaired) electrons. The second-order valence-corrected chi connectivity index (χ2v) is 3.71. The van der Waals surface area contributed by atoms with Crippen molar-refractivity contribution in [2.45, 2.75) is 45.4 Å². The highest BCUT2D eigenvalue weighted by Gasteiger charge is 2.19. The van der Waals surface area contributed by atoms with Crippen LogP contribution < -0.4 is 5.32 Å². The molecule has 0 bridgehead atoms. The van der Waals surface area contributed by atoms with Gasteiger partial charge in [0.05, 0.1) is 0 Å². The summed E-state index contributed by atoms with van der Waals surface area (Å²) in [4.78, 5) is 0. The first-order valence-electron chi connectivity index (χ1n) is 5.14. The van der Waals surface area contributed by atoms with Crippen LogP contribution in [0.1, 0.15) is 45.4 Å². The van der Waals surface area contributed by atoms with Crippen LogP contribution in [0.4, 0.5) is 0 Å². The summed E-state index contributed by atoms with van der Waals surface area (Å²) in [7, 11) is 0. The number of hydrogen-bond donors (Lipinski definition) is 1. The van der Waals surface area contributed by atoms with E-state index in [0.29, 0.717) is 0 Å². The molecule has 0 saturated heterocycles. The van der Waals surface area contributed by atoms with E-state index in [1.54, 1.807) is 0 Å². The summed E-state index contributed by atoms with van der Waals surface area (Å²) in [5.74, 6) is 1.04. The lowest BCUT2D eigenvalue weighted by atomic mass is 10.2. The summed E-state index contributed by atoms with van der Waals surface area (Å²) in [6.07, 6.45) is 8.49. The van der Waals surface area contributed by atoms with Gasteiger partial charge in [-0.25, -0.2) is 0 Å². The molecule has 0 spiro atoms. The van der Waals surface area contributed by atoms with Gasteiger partial charge in [0.1, 0.15) is 0 Å². The molecule has 1 nitrogen and oxygen atoms in total. The normalized spacial score (nSPS) is 17.2. The molecular formula is C10H21N. The van der Waals surface area contributed by atoms with Crippen molar-refractivity contribution in [2.75, 3.05) is 13.1 Å². The van der Waals surface area contributed by atoms with Crippen molar-refractivity contribution in [3.8, 4) is 0 Å². The number of rotatable bonds is 7. The van der Waals surface area contributed by atoms with E-state index >= 15 is 0 Å². The van der Waals surface area contributed by atoms with Gasteiger partial charge in [-0.05, 0) is 38.3 Å². The summed E-state index contributed by atoms with van der Waals surface area (Å²) < 4.78 is 0.